The van der Waals surface area contributed by atoms with Crippen LogP contribution in [0.1, 0.15) is 11.1 Å². The molecule has 4 rings (SSSR count). The Labute approximate surface area is 145 Å². The number of nitrogens with one attached hydrogen (secondary N) is 1. The molecule has 4 aromatic rings. The van der Waals surface area contributed by atoms with Crippen LogP contribution in [0.2, 0.25) is 0 Å². The summed E-state index contributed by atoms with van der Waals surface area (Å²) in [6, 6.07) is 25.5. The Morgan fingerprint density at radius 3 is 2.52 bits per heavy atom. The van der Waals surface area contributed by atoms with Gasteiger partial charge in [0.2, 0.25) is 0 Å². The molecule has 0 fully saturated rings. The molecule has 1 aromatic heterocycles. The molecule has 0 unspecified atom stereocenters. The van der Waals surface area contributed by atoms with Gasteiger partial charge in [-0.3, -0.25) is 0 Å². The predicted octanol–water partition coefficient (Wildman–Crippen LogP) is 4.68. The molecule has 0 radical (unpaired) electrons. The van der Waals surface area contributed by atoms with E-state index in [2.05, 4.69) is 16.0 Å². The molecule has 0 aliphatic heterocycles. The second kappa shape index (κ2) is 6.50. The molecule has 0 saturated heterocycles. The number of nitrogens with zero attached hydrogens (tertiary/aromatic N) is 2. The van der Waals surface area contributed by atoms with Crippen molar-refractivity contribution in [2.75, 3.05) is 0 Å². The zero-order valence-corrected chi connectivity index (χ0v) is 13.4. The molecule has 0 aliphatic carbocycles. The first kappa shape index (κ1) is 15.0. The van der Waals surface area contributed by atoms with Crippen molar-refractivity contribution >= 4 is 11.0 Å². The van der Waals surface area contributed by atoms with E-state index in [1.165, 1.54) is 0 Å². The number of hydrogen-bond acceptors (Lipinski definition) is 3. The number of H-pyrrole nitrogens is 1. The Bertz CT molecular complexity index is 1040. The molecule has 0 amide bonds. The van der Waals surface area contributed by atoms with Crippen molar-refractivity contribution in [3.63, 3.8) is 0 Å². The molecule has 1 N–H and O–H groups in total. The molecule has 25 heavy (non-hydrogen) atoms. The zero-order chi connectivity index (χ0) is 17.1. The summed E-state index contributed by atoms with van der Waals surface area (Å²) in [6.45, 7) is 0.543. The monoisotopic (exact) mass is 325 g/mol. The maximum Gasteiger partial charge on any atom is 0.138 e. The van der Waals surface area contributed by atoms with Gasteiger partial charge in [0.05, 0.1) is 22.7 Å². The van der Waals surface area contributed by atoms with Crippen molar-refractivity contribution in [1.29, 1.82) is 5.26 Å². The van der Waals surface area contributed by atoms with Crippen LogP contribution in [0.3, 0.4) is 0 Å². The second-order valence-electron chi connectivity index (χ2n) is 5.73. The largest absolute Gasteiger partial charge is 0.489 e. The van der Waals surface area contributed by atoms with Crippen LogP contribution in [0.4, 0.5) is 0 Å². The fraction of sp³-hybridized carbons (Fsp3) is 0.0476. The number of benzene rings is 3. The third kappa shape index (κ3) is 3.22. The SMILES string of the molecule is N#Cc1ccc2nc(-c3ccc(OCc4ccccc4)cc3)[nH]c2c1. The Kier molecular flexibility index (Phi) is 3.89. The van der Waals surface area contributed by atoms with Gasteiger partial charge in [0.25, 0.3) is 0 Å². The molecular formula is C21H15N3O. The van der Waals surface area contributed by atoms with Crippen LogP contribution in [0, 0.1) is 11.3 Å². The van der Waals surface area contributed by atoms with Crippen LogP contribution < -0.4 is 4.74 Å². The van der Waals surface area contributed by atoms with E-state index in [4.69, 9.17) is 10.00 Å². The van der Waals surface area contributed by atoms with Gasteiger partial charge in [-0.05, 0) is 48.0 Å². The molecule has 0 saturated carbocycles. The maximum absolute atomic E-state index is 8.99. The number of rotatable bonds is 4. The number of ether oxygens (including phenoxy) is 1. The number of aromatic nitrogens is 2. The lowest BCUT2D eigenvalue weighted by atomic mass is 10.2. The van der Waals surface area contributed by atoms with Crippen molar-refractivity contribution in [2.24, 2.45) is 0 Å². The minimum Gasteiger partial charge on any atom is -0.489 e. The van der Waals surface area contributed by atoms with Crippen molar-refractivity contribution < 1.29 is 4.74 Å². The van der Waals surface area contributed by atoms with Crippen LogP contribution in [0.25, 0.3) is 22.4 Å². The summed E-state index contributed by atoms with van der Waals surface area (Å²) >= 11 is 0. The zero-order valence-electron chi connectivity index (χ0n) is 13.4. The van der Waals surface area contributed by atoms with Crippen LogP contribution in [-0.4, -0.2) is 9.97 Å². The minimum atomic E-state index is 0.543. The van der Waals surface area contributed by atoms with Gasteiger partial charge in [-0.25, -0.2) is 4.98 Å². The van der Waals surface area contributed by atoms with Gasteiger partial charge in [-0.1, -0.05) is 30.3 Å². The highest BCUT2D eigenvalue weighted by Crippen LogP contribution is 2.23. The fourth-order valence-electron chi connectivity index (χ4n) is 2.67. The molecule has 0 bridgehead atoms. The molecular weight excluding hydrogens is 310 g/mol. The van der Waals surface area contributed by atoms with E-state index in [-0.39, 0.29) is 0 Å². The van der Waals surface area contributed by atoms with Gasteiger partial charge in [0.1, 0.15) is 18.2 Å². The van der Waals surface area contributed by atoms with E-state index < -0.39 is 0 Å². The normalized spacial score (nSPS) is 10.5. The third-order valence-corrected chi connectivity index (χ3v) is 3.99. The molecule has 0 atom stereocenters. The average molecular weight is 325 g/mol. The topological polar surface area (TPSA) is 61.7 Å². The number of hydrogen-bond donors (Lipinski definition) is 1. The van der Waals surface area contributed by atoms with Gasteiger partial charge < -0.3 is 9.72 Å². The highest BCUT2D eigenvalue weighted by Gasteiger charge is 2.06. The maximum atomic E-state index is 8.99. The summed E-state index contributed by atoms with van der Waals surface area (Å²) in [5, 5.41) is 8.99. The second-order valence-corrected chi connectivity index (χ2v) is 5.73. The number of aromatic amines is 1. The van der Waals surface area contributed by atoms with Crippen molar-refractivity contribution in [2.45, 2.75) is 6.61 Å². The van der Waals surface area contributed by atoms with Crippen LogP contribution in [-0.2, 0) is 6.61 Å². The van der Waals surface area contributed by atoms with Crippen molar-refractivity contribution in [3.05, 3.63) is 83.9 Å². The summed E-state index contributed by atoms with van der Waals surface area (Å²) in [7, 11) is 0. The Balaban J connectivity index is 1.53. The van der Waals surface area contributed by atoms with E-state index in [9.17, 15) is 0 Å². The summed E-state index contributed by atoms with van der Waals surface area (Å²) in [4.78, 5) is 7.84. The molecule has 4 nitrogen and oxygen atoms in total. The molecule has 1 heterocycles. The summed E-state index contributed by atoms with van der Waals surface area (Å²) in [5.41, 5.74) is 4.43. The van der Waals surface area contributed by atoms with Gasteiger partial charge in [-0.15, -0.1) is 0 Å². The quantitative estimate of drug-likeness (QED) is 0.592. The molecule has 3 aromatic carbocycles. The number of imidazole rings is 1. The van der Waals surface area contributed by atoms with Crippen molar-refractivity contribution in [3.8, 4) is 23.2 Å². The smallest absolute Gasteiger partial charge is 0.138 e. The highest BCUT2D eigenvalue weighted by molar-refractivity contribution is 5.80. The van der Waals surface area contributed by atoms with Crippen LogP contribution in [0.15, 0.2) is 72.8 Å². The van der Waals surface area contributed by atoms with Gasteiger partial charge in [0, 0.05) is 5.56 Å². The Hall–Kier alpha value is -3.58. The summed E-state index contributed by atoms with van der Waals surface area (Å²) < 4.78 is 5.81. The van der Waals surface area contributed by atoms with Gasteiger partial charge in [0.15, 0.2) is 0 Å². The molecule has 0 spiro atoms. The first-order valence-electron chi connectivity index (χ1n) is 7.99. The number of nitriles is 1. The fourth-order valence-corrected chi connectivity index (χ4v) is 2.67. The first-order chi connectivity index (χ1) is 12.3. The van der Waals surface area contributed by atoms with E-state index >= 15 is 0 Å². The van der Waals surface area contributed by atoms with E-state index in [1.807, 2.05) is 66.7 Å². The van der Waals surface area contributed by atoms with E-state index in [1.54, 1.807) is 6.07 Å². The van der Waals surface area contributed by atoms with E-state index in [0.29, 0.717) is 12.2 Å². The molecule has 120 valence electrons. The Morgan fingerprint density at radius 1 is 0.960 bits per heavy atom. The van der Waals surface area contributed by atoms with Crippen LogP contribution in [0.5, 0.6) is 5.75 Å². The third-order valence-electron chi connectivity index (χ3n) is 3.99. The van der Waals surface area contributed by atoms with Crippen LogP contribution >= 0.6 is 0 Å². The lowest BCUT2D eigenvalue weighted by Gasteiger charge is -2.06. The molecule has 0 aliphatic rings. The average Bonchev–Trinajstić information content (AvgIpc) is 3.10. The predicted molar refractivity (Wildman–Crippen MR) is 97.0 cm³/mol. The minimum absolute atomic E-state index is 0.543. The number of fused-ring (bicyclic) bond motifs is 1. The lowest BCUT2D eigenvalue weighted by molar-refractivity contribution is 0.306. The molecule has 4 heteroatoms. The summed E-state index contributed by atoms with van der Waals surface area (Å²) in [5.74, 6) is 1.59. The highest BCUT2D eigenvalue weighted by atomic mass is 16.5. The van der Waals surface area contributed by atoms with Crippen molar-refractivity contribution in [1.82, 2.24) is 9.97 Å². The van der Waals surface area contributed by atoms with E-state index in [0.717, 1.165) is 33.7 Å². The standard InChI is InChI=1S/C21H15N3O/c22-13-16-6-11-19-20(12-16)24-21(23-19)17-7-9-18(10-8-17)25-14-15-4-2-1-3-5-15/h1-12H,14H2,(H,23,24). The first-order valence-corrected chi connectivity index (χ1v) is 7.99. The summed E-state index contributed by atoms with van der Waals surface area (Å²) in [6.07, 6.45) is 0. The Morgan fingerprint density at radius 2 is 1.76 bits per heavy atom. The van der Waals surface area contributed by atoms with Gasteiger partial charge >= 0.3 is 0 Å². The lowest BCUT2D eigenvalue weighted by Crippen LogP contribution is -1.94. The van der Waals surface area contributed by atoms with Gasteiger partial charge in [-0.2, -0.15) is 5.26 Å².